The molecule has 1 rings (SSSR count). The van der Waals surface area contributed by atoms with Gasteiger partial charge < -0.3 is 0 Å². The van der Waals surface area contributed by atoms with Gasteiger partial charge in [-0.2, -0.15) is 17.6 Å². The first-order valence-electron chi connectivity index (χ1n) is 2.29. The molecule has 0 aliphatic heterocycles. The van der Waals surface area contributed by atoms with Gasteiger partial charge in [0, 0.05) is 0 Å². The Labute approximate surface area is 48.3 Å². The van der Waals surface area contributed by atoms with Crippen molar-refractivity contribution in [1.29, 1.82) is 0 Å². The van der Waals surface area contributed by atoms with Crippen molar-refractivity contribution < 1.29 is 22.7 Å². The van der Waals surface area contributed by atoms with Crippen molar-refractivity contribution in [3.8, 4) is 0 Å². The number of hydrogen-bond donors (Lipinski definition) is 0. The van der Waals surface area contributed by atoms with Crippen molar-refractivity contribution in [2.24, 2.45) is 0 Å². The molecule has 0 saturated heterocycles. The molecule has 53 valence electrons. The lowest BCUT2D eigenvalue weighted by Gasteiger charge is -2.38. The van der Waals surface area contributed by atoms with Crippen LogP contribution in [0.4, 0.5) is 17.6 Å². The molecule has 1 fully saturated rings. The second-order valence-electron chi connectivity index (χ2n) is 2.02. The molecule has 0 heterocycles. The Hall–Kier alpha value is -0.320. The van der Waals surface area contributed by atoms with Gasteiger partial charge in [0.05, 0.1) is 6.42 Å². The summed E-state index contributed by atoms with van der Waals surface area (Å²) in [6.45, 7) is 0. The van der Waals surface area contributed by atoms with Crippen LogP contribution in [0.15, 0.2) is 0 Å². The minimum atomic E-state index is -4.31. The molecule has 9 heavy (non-hydrogen) atoms. The minimum absolute atomic E-state index is 1.24. The summed E-state index contributed by atoms with van der Waals surface area (Å²) >= 11 is 0. The highest BCUT2D eigenvalue weighted by Crippen LogP contribution is 2.51. The van der Waals surface area contributed by atoms with Crippen LogP contribution in [-0.2, 0) is 5.11 Å². The zero-order valence-corrected chi connectivity index (χ0v) is 4.20. The lowest BCUT2D eigenvalue weighted by Crippen LogP contribution is -2.61. The Bertz CT molecular complexity index is 133. The summed E-state index contributed by atoms with van der Waals surface area (Å²) in [5.41, 5.74) is 0. The first-order chi connectivity index (χ1) is 3.88. The van der Waals surface area contributed by atoms with E-state index in [9.17, 15) is 22.7 Å². The maximum Gasteiger partial charge on any atom is 0.339 e. The van der Waals surface area contributed by atoms with Gasteiger partial charge in [0.15, 0.2) is 6.10 Å². The lowest BCUT2D eigenvalue weighted by atomic mass is 9.86. The van der Waals surface area contributed by atoms with Crippen LogP contribution in [0.5, 0.6) is 0 Å². The van der Waals surface area contributed by atoms with Gasteiger partial charge in [-0.05, 0) is 0 Å². The van der Waals surface area contributed by atoms with Gasteiger partial charge in [0.2, 0.25) is 0 Å². The second kappa shape index (κ2) is 1.39. The maximum atomic E-state index is 11.6. The van der Waals surface area contributed by atoms with Crippen molar-refractivity contribution >= 4 is 0 Å². The van der Waals surface area contributed by atoms with Gasteiger partial charge in [0.25, 0.3) is 0 Å². The molecule has 1 radical (unpaired) electrons. The average molecular weight is 143 g/mol. The molecule has 1 aliphatic carbocycles. The predicted molar refractivity (Wildman–Crippen MR) is 19.0 cm³/mol. The zero-order valence-electron chi connectivity index (χ0n) is 4.20. The summed E-state index contributed by atoms with van der Waals surface area (Å²) < 4.78 is 46.5. The minimum Gasteiger partial charge on any atom is -0.226 e. The third-order valence-corrected chi connectivity index (χ3v) is 1.33. The Morgan fingerprint density at radius 3 is 1.67 bits per heavy atom. The molecule has 0 aromatic carbocycles. The molecule has 1 unspecified atom stereocenters. The van der Waals surface area contributed by atoms with Crippen molar-refractivity contribution in [3.63, 3.8) is 0 Å². The average Bonchev–Trinajstić information content (AvgIpc) is 1.65. The van der Waals surface area contributed by atoms with Crippen molar-refractivity contribution in [3.05, 3.63) is 0 Å². The van der Waals surface area contributed by atoms with Gasteiger partial charge in [-0.1, -0.05) is 0 Å². The normalized spacial score (nSPS) is 37.7. The quantitative estimate of drug-likeness (QED) is 0.457. The summed E-state index contributed by atoms with van der Waals surface area (Å²) in [6, 6.07) is 0. The van der Waals surface area contributed by atoms with Crippen LogP contribution in [-0.4, -0.2) is 17.9 Å². The third-order valence-electron chi connectivity index (χ3n) is 1.33. The molecule has 0 bridgehead atoms. The predicted octanol–water partition coefficient (Wildman–Crippen LogP) is 1.46. The van der Waals surface area contributed by atoms with E-state index in [-0.39, 0.29) is 0 Å². The standard InChI is InChI=1S/C4H3F4O/c5-3(6)1-2(9)4(3,7)8/h2H,1H2. The maximum absolute atomic E-state index is 11.6. The van der Waals surface area contributed by atoms with Gasteiger partial charge in [-0.3, -0.25) is 0 Å². The number of alkyl halides is 4. The molecular weight excluding hydrogens is 140 g/mol. The van der Waals surface area contributed by atoms with Crippen LogP contribution >= 0.6 is 0 Å². The fourth-order valence-electron chi connectivity index (χ4n) is 0.602. The number of hydrogen-bond acceptors (Lipinski definition) is 0. The van der Waals surface area contributed by atoms with Crippen LogP contribution in [0, 0.1) is 0 Å². The van der Waals surface area contributed by atoms with Crippen molar-refractivity contribution in [1.82, 2.24) is 0 Å². The molecule has 0 spiro atoms. The molecule has 0 aromatic heterocycles. The monoisotopic (exact) mass is 143 g/mol. The summed E-state index contributed by atoms with van der Waals surface area (Å²) in [5.74, 6) is -8.37. The molecule has 0 amide bonds. The van der Waals surface area contributed by atoms with E-state index in [1.54, 1.807) is 0 Å². The van der Waals surface area contributed by atoms with Gasteiger partial charge in [-0.25, -0.2) is 5.11 Å². The Kier molecular flexibility index (Phi) is 1.05. The fraction of sp³-hybridized carbons (Fsp3) is 1.00. The summed E-state index contributed by atoms with van der Waals surface area (Å²) in [7, 11) is 0. The molecule has 0 aromatic rings. The van der Waals surface area contributed by atoms with E-state index in [0.29, 0.717) is 0 Å². The van der Waals surface area contributed by atoms with E-state index >= 15 is 0 Å². The zero-order chi connectivity index (χ0) is 7.28. The van der Waals surface area contributed by atoms with Crippen LogP contribution in [0.1, 0.15) is 6.42 Å². The molecular formula is C4H3F4O. The number of rotatable bonds is 0. The molecule has 0 N–H and O–H groups in total. The van der Waals surface area contributed by atoms with E-state index in [4.69, 9.17) is 0 Å². The second-order valence-corrected chi connectivity index (χ2v) is 2.02. The fourth-order valence-corrected chi connectivity index (χ4v) is 0.602. The van der Waals surface area contributed by atoms with Gasteiger partial charge in [0.1, 0.15) is 0 Å². The largest absolute Gasteiger partial charge is 0.339 e. The van der Waals surface area contributed by atoms with Crippen LogP contribution in [0.25, 0.3) is 0 Å². The summed E-state index contributed by atoms with van der Waals surface area (Å²) in [4.78, 5) is 0. The van der Waals surface area contributed by atoms with E-state index in [1.165, 1.54) is 0 Å². The van der Waals surface area contributed by atoms with E-state index in [0.717, 1.165) is 0 Å². The van der Waals surface area contributed by atoms with E-state index in [2.05, 4.69) is 0 Å². The van der Waals surface area contributed by atoms with Crippen molar-refractivity contribution in [2.45, 2.75) is 24.4 Å². The molecule has 5 heteroatoms. The van der Waals surface area contributed by atoms with Crippen molar-refractivity contribution in [2.75, 3.05) is 0 Å². The van der Waals surface area contributed by atoms with E-state index < -0.39 is 24.4 Å². The van der Waals surface area contributed by atoms with Crippen LogP contribution in [0.3, 0.4) is 0 Å². The van der Waals surface area contributed by atoms with E-state index in [1.807, 2.05) is 0 Å². The molecule has 1 nitrogen and oxygen atoms in total. The highest BCUT2D eigenvalue weighted by molar-refractivity contribution is 5.03. The third kappa shape index (κ3) is 0.640. The number of halogens is 4. The molecule has 1 atom stereocenters. The molecule has 1 saturated carbocycles. The van der Waals surface area contributed by atoms with Gasteiger partial charge in [-0.15, -0.1) is 0 Å². The van der Waals surface area contributed by atoms with Crippen LogP contribution < -0.4 is 0 Å². The smallest absolute Gasteiger partial charge is 0.226 e. The topological polar surface area (TPSA) is 19.9 Å². The highest BCUT2D eigenvalue weighted by atomic mass is 19.3. The first-order valence-corrected chi connectivity index (χ1v) is 2.29. The summed E-state index contributed by atoms with van der Waals surface area (Å²) in [5, 5.41) is 9.82. The Balaban J connectivity index is 2.70. The van der Waals surface area contributed by atoms with Gasteiger partial charge >= 0.3 is 11.8 Å². The highest BCUT2D eigenvalue weighted by Gasteiger charge is 2.72. The molecule has 1 aliphatic rings. The van der Waals surface area contributed by atoms with Crippen LogP contribution in [0.2, 0.25) is 0 Å². The lowest BCUT2D eigenvalue weighted by molar-refractivity contribution is -0.343. The first kappa shape index (κ1) is 6.80. The Morgan fingerprint density at radius 2 is 1.67 bits per heavy atom. The Morgan fingerprint density at radius 1 is 1.22 bits per heavy atom. The SMILES string of the molecule is [O]C1CC(F)(F)C1(F)F. The summed E-state index contributed by atoms with van der Waals surface area (Å²) in [6.07, 6.45) is -3.65.